The van der Waals surface area contributed by atoms with E-state index in [2.05, 4.69) is 17.2 Å². The first-order valence-corrected chi connectivity index (χ1v) is 11.0. The predicted octanol–water partition coefficient (Wildman–Crippen LogP) is 1.69. The average Bonchev–Trinajstić information content (AvgIpc) is 3.21. The SMILES string of the molecule is CCc1ccccc1NC(=O)C[NH+]1CCN(C(=O)CCc2nc3ccccc3o2)CC1. The van der Waals surface area contributed by atoms with Crippen molar-refractivity contribution in [3.63, 3.8) is 0 Å². The first kappa shape index (κ1) is 21.1. The first-order valence-electron chi connectivity index (χ1n) is 11.0. The molecule has 0 unspecified atom stereocenters. The van der Waals surface area contributed by atoms with E-state index in [1.54, 1.807) is 0 Å². The molecule has 1 fully saturated rings. The number of hydrogen-bond acceptors (Lipinski definition) is 4. The van der Waals surface area contributed by atoms with Crippen LogP contribution in [0.3, 0.4) is 0 Å². The predicted molar refractivity (Wildman–Crippen MR) is 119 cm³/mol. The quantitative estimate of drug-likeness (QED) is 0.609. The fourth-order valence-corrected chi connectivity index (χ4v) is 4.02. The van der Waals surface area contributed by atoms with E-state index in [0.717, 1.165) is 41.9 Å². The van der Waals surface area contributed by atoms with E-state index in [0.29, 0.717) is 38.4 Å². The largest absolute Gasteiger partial charge is 0.441 e. The molecular weight excluding hydrogens is 392 g/mol. The number of carbonyl (C=O) groups is 2. The van der Waals surface area contributed by atoms with Crippen LogP contribution in [0, 0.1) is 0 Å². The Kier molecular flexibility index (Phi) is 6.62. The molecule has 0 bridgehead atoms. The Balaban J connectivity index is 1.21. The highest BCUT2D eigenvalue weighted by atomic mass is 16.3. The van der Waals surface area contributed by atoms with Crippen LogP contribution < -0.4 is 10.2 Å². The summed E-state index contributed by atoms with van der Waals surface area (Å²) in [7, 11) is 0. The molecule has 0 spiro atoms. The number of nitrogens with one attached hydrogen (secondary N) is 2. The number of para-hydroxylation sites is 3. The summed E-state index contributed by atoms with van der Waals surface area (Å²) in [5.41, 5.74) is 3.60. The topological polar surface area (TPSA) is 79.9 Å². The Labute approximate surface area is 182 Å². The van der Waals surface area contributed by atoms with Gasteiger partial charge in [0.1, 0.15) is 5.52 Å². The molecule has 1 aliphatic rings. The smallest absolute Gasteiger partial charge is 0.279 e. The van der Waals surface area contributed by atoms with E-state index < -0.39 is 0 Å². The number of aromatic nitrogens is 1. The summed E-state index contributed by atoms with van der Waals surface area (Å²) in [6.45, 7) is 5.38. The number of nitrogens with zero attached hydrogens (tertiary/aromatic N) is 2. The molecule has 2 amide bonds. The van der Waals surface area contributed by atoms with E-state index >= 15 is 0 Å². The van der Waals surface area contributed by atoms with Gasteiger partial charge < -0.3 is 19.5 Å². The Hall–Kier alpha value is -3.19. The van der Waals surface area contributed by atoms with Crippen molar-refractivity contribution >= 4 is 28.6 Å². The van der Waals surface area contributed by atoms with Crippen LogP contribution in [0.15, 0.2) is 52.9 Å². The molecule has 7 nitrogen and oxygen atoms in total. The Morgan fingerprint density at radius 3 is 2.61 bits per heavy atom. The number of quaternary nitrogens is 1. The van der Waals surface area contributed by atoms with Crippen molar-refractivity contribution in [1.82, 2.24) is 9.88 Å². The number of benzene rings is 2. The highest BCUT2D eigenvalue weighted by Gasteiger charge is 2.25. The summed E-state index contributed by atoms with van der Waals surface area (Å²) < 4.78 is 5.70. The fourth-order valence-electron chi connectivity index (χ4n) is 4.02. The van der Waals surface area contributed by atoms with Crippen molar-refractivity contribution in [3.05, 3.63) is 60.0 Å². The number of oxazole rings is 1. The maximum atomic E-state index is 12.6. The van der Waals surface area contributed by atoms with Crippen LogP contribution in [0.25, 0.3) is 11.1 Å². The maximum absolute atomic E-state index is 12.6. The number of rotatable bonds is 7. The second-order valence-electron chi connectivity index (χ2n) is 7.94. The van der Waals surface area contributed by atoms with Gasteiger partial charge in [0.15, 0.2) is 18.0 Å². The van der Waals surface area contributed by atoms with Gasteiger partial charge in [-0.25, -0.2) is 4.98 Å². The van der Waals surface area contributed by atoms with Gasteiger partial charge in [-0.3, -0.25) is 9.59 Å². The van der Waals surface area contributed by atoms with Crippen molar-refractivity contribution in [3.8, 4) is 0 Å². The first-order chi connectivity index (χ1) is 15.1. The third-order valence-corrected chi connectivity index (χ3v) is 5.80. The molecular formula is C24H29N4O3+. The second kappa shape index (κ2) is 9.75. The van der Waals surface area contributed by atoms with Crippen LogP contribution in [0.4, 0.5) is 5.69 Å². The number of fused-ring (bicyclic) bond motifs is 1. The zero-order chi connectivity index (χ0) is 21.6. The van der Waals surface area contributed by atoms with Crippen molar-refractivity contribution in [2.75, 3.05) is 38.0 Å². The van der Waals surface area contributed by atoms with E-state index in [4.69, 9.17) is 4.42 Å². The minimum Gasteiger partial charge on any atom is -0.441 e. The lowest BCUT2D eigenvalue weighted by atomic mass is 10.1. The highest BCUT2D eigenvalue weighted by molar-refractivity contribution is 5.92. The van der Waals surface area contributed by atoms with Crippen LogP contribution >= 0.6 is 0 Å². The Morgan fingerprint density at radius 1 is 1.10 bits per heavy atom. The molecule has 4 rings (SSSR count). The van der Waals surface area contributed by atoms with Gasteiger partial charge in [-0.05, 0) is 30.2 Å². The third-order valence-electron chi connectivity index (χ3n) is 5.80. The van der Waals surface area contributed by atoms with Crippen molar-refractivity contribution in [1.29, 1.82) is 0 Å². The van der Waals surface area contributed by atoms with E-state index in [1.807, 2.05) is 53.4 Å². The van der Waals surface area contributed by atoms with E-state index in [1.165, 1.54) is 4.90 Å². The molecule has 1 aliphatic heterocycles. The lowest BCUT2D eigenvalue weighted by Crippen LogP contribution is -3.15. The number of carbonyl (C=O) groups excluding carboxylic acids is 2. The Morgan fingerprint density at radius 2 is 1.84 bits per heavy atom. The summed E-state index contributed by atoms with van der Waals surface area (Å²) in [6.07, 6.45) is 1.77. The van der Waals surface area contributed by atoms with Crippen LogP contribution in [0.5, 0.6) is 0 Å². The van der Waals surface area contributed by atoms with E-state index in [-0.39, 0.29) is 11.8 Å². The third kappa shape index (κ3) is 5.30. The normalized spacial score (nSPS) is 14.7. The number of hydrogen-bond donors (Lipinski definition) is 2. The molecule has 162 valence electrons. The molecule has 1 aromatic heterocycles. The second-order valence-corrected chi connectivity index (χ2v) is 7.94. The summed E-state index contributed by atoms with van der Waals surface area (Å²) >= 11 is 0. The monoisotopic (exact) mass is 421 g/mol. The van der Waals surface area contributed by atoms with Crippen molar-refractivity contribution < 1.29 is 18.9 Å². The summed E-state index contributed by atoms with van der Waals surface area (Å²) in [4.78, 5) is 32.6. The van der Waals surface area contributed by atoms with Gasteiger partial charge in [-0.2, -0.15) is 0 Å². The van der Waals surface area contributed by atoms with Crippen molar-refractivity contribution in [2.45, 2.75) is 26.2 Å². The summed E-state index contributed by atoms with van der Waals surface area (Å²) in [5.74, 6) is 0.733. The average molecular weight is 422 g/mol. The minimum atomic E-state index is 0.0200. The van der Waals surface area contributed by atoms with Crippen LogP contribution in [0.2, 0.25) is 0 Å². The van der Waals surface area contributed by atoms with Gasteiger partial charge in [0.05, 0.1) is 26.2 Å². The van der Waals surface area contributed by atoms with Gasteiger partial charge in [0.2, 0.25) is 5.91 Å². The number of anilines is 1. The highest BCUT2D eigenvalue weighted by Crippen LogP contribution is 2.16. The van der Waals surface area contributed by atoms with Crippen LogP contribution in [-0.2, 0) is 22.4 Å². The summed E-state index contributed by atoms with van der Waals surface area (Å²) in [6, 6.07) is 15.5. The lowest BCUT2D eigenvalue weighted by Gasteiger charge is -2.32. The maximum Gasteiger partial charge on any atom is 0.279 e. The van der Waals surface area contributed by atoms with Gasteiger partial charge in [-0.1, -0.05) is 37.3 Å². The van der Waals surface area contributed by atoms with Crippen LogP contribution in [-0.4, -0.2) is 54.4 Å². The minimum absolute atomic E-state index is 0.0200. The number of aryl methyl sites for hydroxylation is 2. The number of amides is 2. The Bertz CT molecular complexity index is 1020. The molecule has 0 aliphatic carbocycles. The molecule has 7 heteroatoms. The zero-order valence-corrected chi connectivity index (χ0v) is 17.9. The molecule has 2 heterocycles. The molecule has 2 aromatic carbocycles. The molecule has 0 atom stereocenters. The molecule has 3 aromatic rings. The lowest BCUT2D eigenvalue weighted by molar-refractivity contribution is -0.895. The standard InChI is InChI=1S/C24H28N4O3/c1-2-18-7-3-4-8-19(18)25-22(29)17-27-13-15-28(16-14-27)24(30)12-11-23-26-20-9-5-6-10-21(20)31-23/h3-10H,2,11-17H2,1H3,(H,25,29)/p+1. The van der Waals surface area contributed by atoms with Gasteiger partial charge in [-0.15, -0.1) is 0 Å². The fraction of sp³-hybridized carbons (Fsp3) is 0.375. The van der Waals surface area contributed by atoms with Gasteiger partial charge in [0, 0.05) is 18.5 Å². The molecule has 2 N–H and O–H groups in total. The molecule has 31 heavy (non-hydrogen) atoms. The van der Waals surface area contributed by atoms with Crippen LogP contribution in [0.1, 0.15) is 24.8 Å². The molecule has 1 saturated heterocycles. The zero-order valence-electron chi connectivity index (χ0n) is 17.9. The number of piperazine rings is 1. The van der Waals surface area contributed by atoms with E-state index in [9.17, 15) is 9.59 Å². The molecule has 0 saturated carbocycles. The van der Waals surface area contributed by atoms with Crippen molar-refractivity contribution in [2.24, 2.45) is 0 Å². The van der Waals surface area contributed by atoms with Gasteiger partial charge in [0.25, 0.3) is 5.91 Å². The van der Waals surface area contributed by atoms with Gasteiger partial charge >= 0.3 is 0 Å². The molecule has 0 radical (unpaired) electrons. The summed E-state index contributed by atoms with van der Waals surface area (Å²) in [5, 5.41) is 3.03.